The third-order valence-electron chi connectivity index (χ3n) is 6.43. The highest BCUT2D eigenvalue weighted by molar-refractivity contribution is 6.30. The van der Waals surface area contributed by atoms with E-state index < -0.39 is 0 Å². The topological polar surface area (TPSA) is 24.1 Å². The molecule has 5 aromatic rings. The Morgan fingerprint density at radius 1 is 0.417 bits per heavy atom. The van der Waals surface area contributed by atoms with Gasteiger partial charge in [-0.1, -0.05) is 133 Å². The minimum Gasteiger partial charge on any atom is -0.376 e. The Bertz CT molecular complexity index is 1290. The third kappa shape index (κ3) is 5.85. The zero-order chi connectivity index (χ0) is 24.6. The summed E-state index contributed by atoms with van der Waals surface area (Å²) in [7, 11) is 0. The van der Waals surface area contributed by atoms with Crippen LogP contribution < -0.4 is 10.6 Å². The van der Waals surface area contributed by atoms with Gasteiger partial charge in [0.25, 0.3) is 0 Å². The molecule has 2 nitrogen and oxygen atoms in total. The lowest BCUT2D eigenvalue weighted by Gasteiger charge is -2.34. The Balaban J connectivity index is 1.62. The zero-order valence-corrected chi connectivity index (χ0v) is 20.7. The highest BCUT2D eigenvalue weighted by Gasteiger charge is 2.28. The molecule has 0 saturated heterocycles. The Kier molecular flexibility index (Phi) is 7.77. The summed E-state index contributed by atoms with van der Waals surface area (Å²) in [4.78, 5) is 0. The first kappa shape index (κ1) is 23.9. The largest absolute Gasteiger partial charge is 0.376 e. The van der Waals surface area contributed by atoms with E-state index in [0.717, 1.165) is 16.3 Å². The summed E-state index contributed by atoms with van der Waals surface area (Å²) in [5.41, 5.74) is 5.87. The molecule has 5 aromatic carbocycles. The molecule has 0 aliphatic heterocycles. The summed E-state index contributed by atoms with van der Waals surface area (Å²) in [5, 5.41) is 8.59. The summed E-state index contributed by atoms with van der Waals surface area (Å²) in [6, 6.07) is 50.4. The number of rotatable bonds is 9. The van der Waals surface area contributed by atoms with Gasteiger partial charge in [0.15, 0.2) is 0 Å². The van der Waals surface area contributed by atoms with Gasteiger partial charge < -0.3 is 5.32 Å². The van der Waals surface area contributed by atoms with Crippen LogP contribution in [0.2, 0.25) is 5.02 Å². The van der Waals surface area contributed by atoms with Crippen molar-refractivity contribution in [3.63, 3.8) is 0 Å². The number of anilines is 1. The SMILES string of the molecule is Clc1ccc(C(Nc2ccccc2)C(NC(c2ccccc2)c2ccccc2)c2ccccc2)cc1. The third-order valence-corrected chi connectivity index (χ3v) is 6.68. The van der Waals surface area contributed by atoms with E-state index in [1.807, 2.05) is 18.2 Å². The second-order valence-corrected chi connectivity index (χ2v) is 9.29. The molecule has 2 N–H and O–H groups in total. The molecule has 5 rings (SSSR count). The molecule has 0 spiro atoms. The van der Waals surface area contributed by atoms with E-state index >= 15 is 0 Å². The molecule has 0 fully saturated rings. The van der Waals surface area contributed by atoms with Crippen LogP contribution in [0.5, 0.6) is 0 Å². The Hall–Kier alpha value is -3.85. The van der Waals surface area contributed by atoms with Crippen LogP contribution in [0.25, 0.3) is 0 Å². The van der Waals surface area contributed by atoms with E-state index in [2.05, 4.69) is 138 Å². The van der Waals surface area contributed by atoms with E-state index in [9.17, 15) is 0 Å². The molecule has 0 aliphatic rings. The maximum Gasteiger partial charge on any atom is 0.0709 e. The van der Waals surface area contributed by atoms with Gasteiger partial charge in [-0.15, -0.1) is 0 Å². The summed E-state index contributed by atoms with van der Waals surface area (Å²) in [6.45, 7) is 0. The molecule has 36 heavy (non-hydrogen) atoms. The lowest BCUT2D eigenvalue weighted by atomic mass is 9.90. The van der Waals surface area contributed by atoms with Gasteiger partial charge in [-0.25, -0.2) is 0 Å². The number of benzene rings is 5. The number of hydrogen-bond acceptors (Lipinski definition) is 2. The first-order chi connectivity index (χ1) is 17.8. The van der Waals surface area contributed by atoms with E-state index in [-0.39, 0.29) is 18.1 Å². The Morgan fingerprint density at radius 2 is 0.833 bits per heavy atom. The maximum atomic E-state index is 6.28. The standard InChI is InChI=1S/C33H29ClN2/c34-29-23-21-28(22-24-29)32(35-30-19-11-4-12-20-30)33(27-17-9-3-10-18-27)36-31(25-13-5-1-6-14-25)26-15-7-2-8-16-26/h1-24,31-33,35-36H. The smallest absolute Gasteiger partial charge is 0.0709 e. The quantitative estimate of drug-likeness (QED) is 0.217. The maximum absolute atomic E-state index is 6.28. The van der Waals surface area contributed by atoms with E-state index in [0.29, 0.717) is 0 Å². The summed E-state index contributed by atoms with van der Waals surface area (Å²) >= 11 is 6.28. The lowest BCUT2D eigenvalue weighted by molar-refractivity contribution is 0.437. The van der Waals surface area contributed by atoms with Gasteiger partial charge in [0.05, 0.1) is 18.1 Å². The molecule has 2 atom stereocenters. The highest BCUT2D eigenvalue weighted by atomic mass is 35.5. The Labute approximate surface area is 218 Å². The molecule has 0 aliphatic carbocycles. The monoisotopic (exact) mass is 488 g/mol. The van der Waals surface area contributed by atoms with Crippen LogP contribution in [0.3, 0.4) is 0 Å². The summed E-state index contributed by atoms with van der Waals surface area (Å²) < 4.78 is 0. The minimum absolute atomic E-state index is 0.00461. The van der Waals surface area contributed by atoms with Gasteiger partial charge in [0, 0.05) is 10.7 Å². The average Bonchev–Trinajstić information content (AvgIpc) is 2.95. The van der Waals surface area contributed by atoms with Crippen LogP contribution in [-0.4, -0.2) is 0 Å². The van der Waals surface area contributed by atoms with Crippen LogP contribution in [0.1, 0.15) is 40.4 Å². The molecule has 3 heteroatoms. The second kappa shape index (κ2) is 11.7. The van der Waals surface area contributed by atoms with E-state index in [1.54, 1.807) is 0 Å². The predicted octanol–water partition coefficient (Wildman–Crippen LogP) is 8.61. The Morgan fingerprint density at radius 3 is 1.33 bits per heavy atom. The van der Waals surface area contributed by atoms with Crippen LogP contribution in [0.15, 0.2) is 146 Å². The van der Waals surface area contributed by atoms with Crippen molar-refractivity contribution in [2.45, 2.75) is 18.1 Å². The molecule has 178 valence electrons. The van der Waals surface area contributed by atoms with Crippen LogP contribution >= 0.6 is 11.6 Å². The molecule has 0 heterocycles. The van der Waals surface area contributed by atoms with Gasteiger partial charge in [-0.3, -0.25) is 5.32 Å². The molecule has 0 aromatic heterocycles. The van der Waals surface area contributed by atoms with Crippen LogP contribution in [0, 0.1) is 0 Å². The van der Waals surface area contributed by atoms with Crippen molar-refractivity contribution in [1.82, 2.24) is 5.32 Å². The van der Waals surface area contributed by atoms with Crippen molar-refractivity contribution >= 4 is 17.3 Å². The van der Waals surface area contributed by atoms with Gasteiger partial charge in [-0.05, 0) is 46.5 Å². The van der Waals surface area contributed by atoms with Crippen molar-refractivity contribution in [1.29, 1.82) is 0 Å². The first-order valence-electron chi connectivity index (χ1n) is 12.3. The van der Waals surface area contributed by atoms with Crippen LogP contribution in [0.4, 0.5) is 5.69 Å². The highest BCUT2D eigenvalue weighted by Crippen LogP contribution is 2.36. The second-order valence-electron chi connectivity index (χ2n) is 8.85. The van der Waals surface area contributed by atoms with Crippen molar-refractivity contribution in [2.75, 3.05) is 5.32 Å². The number of para-hydroxylation sites is 1. The van der Waals surface area contributed by atoms with Gasteiger partial charge in [-0.2, -0.15) is 0 Å². The lowest BCUT2D eigenvalue weighted by Crippen LogP contribution is -2.34. The molecule has 0 radical (unpaired) electrons. The van der Waals surface area contributed by atoms with Crippen LogP contribution in [-0.2, 0) is 0 Å². The first-order valence-corrected chi connectivity index (χ1v) is 12.6. The summed E-state index contributed by atoms with van der Waals surface area (Å²) in [6.07, 6.45) is 0. The van der Waals surface area contributed by atoms with Crippen molar-refractivity contribution < 1.29 is 0 Å². The normalized spacial score (nSPS) is 12.7. The molecule has 0 saturated carbocycles. The fourth-order valence-corrected chi connectivity index (χ4v) is 4.77. The molecular weight excluding hydrogens is 460 g/mol. The minimum atomic E-state index is -0.0537. The van der Waals surface area contributed by atoms with E-state index in [1.165, 1.54) is 16.7 Å². The zero-order valence-electron chi connectivity index (χ0n) is 20.0. The fourth-order valence-electron chi connectivity index (χ4n) is 4.64. The molecular formula is C33H29ClN2. The number of nitrogens with one attached hydrogen (secondary N) is 2. The molecule has 2 unspecified atom stereocenters. The average molecular weight is 489 g/mol. The van der Waals surface area contributed by atoms with Crippen molar-refractivity contribution in [3.05, 3.63) is 173 Å². The molecule has 0 bridgehead atoms. The van der Waals surface area contributed by atoms with E-state index in [4.69, 9.17) is 11.6 Å². The summed E-state index contributed by atoms with van der Waals surface area (Å²) in [5.74, 6) is 0. The van der Waals surface area contributed by atoms with Gasteiger partial charge in [0.2, 0.25) is 0 Å². The number of hydrogen-bond donors (Lipinski definition) is 2. The molecule has 0 amide bonds. The van der Waals surface area contributed by atoms with Crippen molar-refractivity contribution in [2.24, 2.45) is 0 Å². The van der Waals surface area contributed by atoms with Gasteiger partial charge >= 0.3 is 0 Å². The fraction of sp³-hybridized carbons (Fsp3) is 0.0909. The van der Waals surface area contributed by atoms with Gasteiger partial charge in [0.1, 0.15) is 0 Å². The number of halogens is 1. The van der Waals surface area contributed by atoms with Crippen molar-refractivity contribution in [3.8, 4) is 0 Å². The predicted molar refractivity (Wildman–Crippen MR) is 151 cm³/mol.